The summed E-state index contributed by atoms with van der Waals surface area (Å²) < 4.78 is 0. The smallest absolute Gasteiger partial charge is 0.273 e. The number of hydrazone groups is 1. The van der Waals surface area contributed by atoms with Crippen LogP contribution in [0.25, 0.3) is 6.08 Å². The van der Waals surface area contributed by atoms with Crippen molar-refractivity contribution in [2.24, 2.45) is 5.10 Å². The molecule has 1 aliphatic rings. The molecule has 1 aliphatic heterocycles. The molecule has 0 spiro atoms. The largest absolute Gasteiger partial charge is 0.359 e. The lowest BCUT2D eigenvalue weighted by molar-refractivity contribution is -0.116. The molecule has 0 fully saturated rings. The van der Waals surface area contributed by atoms with Gasteiger partial charge >= 0.3 is 0 Å². The van der Waals surface area contributed by atoms with Crippen LogP contribution in [0.5, 0.6) is 0 Å². The maximum absolute atomic E-state index is 12.0. The highest BCUT2D eigenvalue weighted by molar-refractivity contribution is 6.27. The molecule has 0 saturated heterocycles. The summed E-state index contributed by atoms with van der Waals surface area (Å²) in [4.78, 5) is 15.3. The second-order valence-electron chi connectivity index (χ2n) is 5.59. The summed E-state index contributed by atoms with van der Waals surface area (Å²) in [6.07, 6.45) is 3.51. The molecule has 0 unspecified atom stereocenters. The van der Waals surface area contributed by atoms with E-state index >= 15 is 0 Å². The third-order valence-corrected chi connectivity index (χ3v) is 3.82. The Morgan fingerprint density at radius 2 is 1.91 bits per heavy atom. The maximum atomic E-state index is 12.0. The number of nitrogens with one attached hydrogen (secondary N) is 2. The first kappa shape index (κ1) is 14.3. The predicted molar refractivity (Wildman–Crippen MR) is 88.6 cm³/mol. The first-order chi connectivity index (χ1) is 10.6. The first-order valence-electron chi connectivity index (χ1n) is 7.42. The van der Waals surface area contributed by atoms with E-state index in [2.05, 4.69) is 33.7 Å². The Morgan fingerprint density at radius 1 is 1.14 bits per heavy atom. The number of aromatic nitrogens is 1. The Bertz CT molecular complexity index is 754. The molecule has 3 rings (SSSR count). The topological polar surface area (TPSA) is 57.2 Å². The fourth-order valence-electron chi connectivity index (χ4n) is 2.66. The number of benzene rings is 1. The summed E-state index contributed by atoms with van der Waals surface area (Å²) >= 11 is 0. The molecule has 1 aromatic heterocycles. The van der Waals surface area contributed by atoms with Gasteiger partial charge in [0, 0.05) is 11.4 Å². The molecule has 4 nitrogen and oxygen atoms in total. The van der Waals surface area contributed by atoms with Crippen molar-refractivity contribution >= 4 is 17.7 Å². The molecular formula is C18H19N3O. The van der Waals surface area contributed by atoms with Crippen LogP contribution in [0.2, 0.25) is 0 Å². The van der Waals surface area contributed by atoms with E-state index in [1.807, 2.05) is 38.1 Å². The van der Waals surface area contributed by atoms with E-state index in [-0.39, 0.29) is 5.91 Å². The monoisotopic (exact) mass is 293 g/mol. The van der Waals surface area contributed by atoms with Gasteiger partial charge in [-0.2, -0.15) is 5.10 Å². The molecule has 112 valence electrons. The van der Waals surface area contributed by atoms with E-state index in [4.69, 9.17) is 0 Å². The van der Waals surface area contributed by atoms with E-state index < -0.39 is 0 Å². The predicted octanol–water partition coefficient (Wildman–Crippen LogP) is 3.13. The van der Waals surface area contributed by atoms with E-state index in [9.17, 15) is 4.79 Å². The number of amides is 1. The van der Waals surface area contributed by atoms with Crippen molar-refractivity contribution < 1.29 is 4.79 Å². The molecule has 0 radical (unpaired) electrons. The average Bonchev–Trinajstić information content (AvgIpc) is 3.02. The van der Waals surface area contributed by atoms with Crippen molar-refractivity contribution in [1.82, 2.24) is 10.4 Å². The molecule has 0 atom stereocenters. The number of nitrogens with zero attached hydrogens (tertiary/aromatic N) is 1. The van der Waals surface area contributed by atoms with Gasteiger partial charge in [0.05, 0.1) is 11.3 Å². The molecule has 22 heavy (non-hydrogen) atoms. The third-order valence-electron chi connectivity index (χ3n) is 3.82. The summed E-state index contributed by atoms with van der Waals surface area (Å²) in [5.41, 5.74) is 8.48. The van der Waals surface area contributed by atoms with Gasteiger partial charge in [-0.1, -0.05) is 30.3 Å². The number of carbonyl (C=O) groups is 1. The van der Waals surface area contributed by atoms with Crippen LogP contribution in [-0.4, -0.2) is 16.6 Å². The molecule has 0 bridgehead atoms. The van der Waals surface area contributed by atoms with Crippen molar-refractivity contribution in [3.8, 4) is 0 Å². The van der Waals surface area contributed by atoms with Crippen LogP contribution in [0.15, 0.2) is 47.1 Å². The molecule has 0 saturated carbocycles. The van der Waals surface area contributed by atoms with Crippen molar-refractivity contribution in [2.45, 2.75) is 26.7 Å². The van der Waals surface area contributed by atoms with Crippen LogP contribution >= 0.6 is 0 Å². The summed E-state index contributed by atoms with van der Waals surface area (Å²) in [6.45, 7) is 4.04. The Labute approximate surface area is 129 Å². The normalized spacial score (nSPS) is 16.0. The summed E-state index contributed by atoms with van der Waals surface area (Å²) in [7, 11) is 0. The lowest BCUT2D eigenvalue weighted by atomic mass is 10.0. The number of carbonyl (C=O) groups excluding carboxylic acids is 1. The first-order valence-corrected chi connectivity index (χ1v) is 7.42. The lowest BCUT2D eigenvalue weighted by Gasteiger charge is -2.02. The molecule has 2 N–H and O–H groups in total. The Hall–Kier alpha value is -2.62. The van der Waals surface area contributed by atoms with Crippen LogP contribution in [0.4, 0.5) is 0 Å². The van der Waals surface area contributed by atoms with Gasteiger partial charge in [-0.25, -0.2) is 5.43 Å². The van der Waals surface area contributed by atoms with Crippen LogP contribution in [0, 0.1) is 13.8 Å². The maximum Gasteiger partial charge on any atom is 0.273 e. The minimum Gasteiger partial charge on any atom is -0.359 e. The molecule has 1 aromatic carbocycles. The Balaban J connectivity index is 1.79. The molecule has 4 heteroatoms. The summed E-state index contributed by atoms with van der Waals surface area (Å²) in [5.74, 6) is -0.130. The van der Waals surface area contributed by atoms with Crippen LogP contribution in [-0.2, 0) is 11.2 Å². The molecule has 2 heterocycles. The average molecular weight is 293 g/mol. The van der Waals surface area contributed by atoms with Crippen LogP contribution in [0.3, 0.4) is 0 Å². The Kier molecular flexibility index (Phi) is 3.92. The fourth-order valence-corrected chi connectivity index (χ4v) is 2.66. The van der Waals surface area contributed by atoms with Gasteiger partial charge in [0.25, 0.3) is 5.91 Å². The zero-order chi connectivity index (χ0) is 15.5. The molecular weight excluding hydrogens is 274 g/mol. The van der Waals surface area contributed by atoms with Gasteiger partial charge < -0.3 is 4.98 Å². The molecule has 2 aromatic rings. The Morgan fingerprint density at radius 3 is 2.59 bits per heavy atom. The van der Waals surface area contributed by atoms with Crippen LogP contribution < -0.4 is 5.43 Å². The number of hydrogen-bond acceptors (Lipinski definition) is 2. The zero-order valence-corrected chi connectivity index (χ0v) is 12.8. The van der Waals surface area contributed by atoms with E-state index in [0.29, 0.717) is 5.57 Å². The minimum absolute atomic E-state index is 0.130. The number of aryl methyl sites for hydroxylation is 3. The summed E-state index contributed by atoms with van der Waals surface area (Å²) in [6, 6.07) is 12.3. The minimum atomic E-state index is -0.130. The quantitative estimate of drug-likeness (QED) is 0.836. The standard InChI is InChI=1S/C18H19N3O/c1-12-10-13(2)19-17(12)11-15-16(20-21-18(15)22)9-8-14-6-4-3-5-7-14/h3-7,10-11,19H,8-9H2,1-2H3,(H,21,22). The van der Waals surface area contributed by atoms with Gasteiger partial charge in [-0.3, -0.25) is 4.79 Å². The number of hydrogen-bond donors (Lipinski definition) is 2. The van der Waals surface area contributed by atoms with Crippen LogP contribution in [0.1, 0.15) is 28.9 Å². The van der Waals surface area contributed by atoms with Gasteiger partial charge in [-0.15, -0.1) is 0 Å². The highest BCUT2D eigenvalue weighted by Crippen LogP contribution is 2.18. The lowest BCUT2D eigenvalue weighted by Crippen LogP contribution is -2.13. The zero-order valence-electron chi connectivity index (χ0n) is 12.8. The number of H-pyrrole nitrogens is 1. The van der Waals surface area contributed by atoms with Gasteiger partial charge in [-0.05, 0) is 50.0 Å². The highest BCUT2D eigenvalue weighted by Gasteiger charge is 2.22. The number of rotatable bonds is 4. The second-order valence-corrected chi connectivity index (χ2v) is 5.59. The van der Waals surface area contributed by atoms with Gasteiger partial charge in [0.1, 0.15) is 0 Å². The second kappa shape index (κ2) is 6.02. The van der Waals surface area contributed by atoms with Gasteiger partial charge in [0.2, 0.25) is 0 Å². The molecule has 0 aliphatic carbocycles. The van der Waals surface area contributed by atoms with Gasteiger partial charge in [0.15, 0.2) is 0 Å². The molecule has 1 amide bonds. The highest BCUT2D eigenvalue weighted by atomic mass is 16.2. The van der Waals surface area contributed by atoms with Crippen molar-refractivity contribution in [3.05, 3.63) is 64.5 Å². The van der Waals surface area contributed by atoms with E-state index in [0.717, 1.165) is 35.5 Å². The summed E-state index contributed by atoms with van der Waals surface area (Å²) in [5, 5.41) is 4.18. The van der Waals surface area contributed by atoms with Crippen molar-refractivity contribution in [1.29, 1.82) is 0 Å². The SMILES string of the molecule is Cc1cc(C)c(C=C2C(=O)NN=C2CCc2ccccc2)[nH]1. The van der Waals surface area contributed by atoms with Crippen molar-refractivity contribution in [3.63, 3.8) is 0 Å². The van der Waals surface area contributed by atoms with Crippen molar-refractivity contribution in [2.75, 3.05) is 0 Å². The fraction of sp³-hybridized carbons (Fsp3) is 0.222. The number of aromatic amines is 1. The van der Waals surface area contributed by atoms with E-state index in [1.165, 1.54) is 5.56 Å². The third kappa shape index (κ3) is 3.01. The van der Waals surface area contributed by atoms with E-state index in [1.54, 1.807) is 0 Å².